The molecule has 6 heteroatoms. The molecule has 0 atom stereocenters. The van der Waals surface area contributed by atoms with Gasteiger partial charge in [-0.25, -0.2) is 0 Å². The second-order valence-electron chi connectivity index (χ2n) is 5.53. The Bertz CT molecular complexity index is 319. The summed E-state index contributed by atoms with van der Waals surface area (Å²) >= 11 is 0. The highest BCUT2D eigenvalue weighted by Crippen LogP contribution is 2.14. The lowest BCUT2D eigenvalue weighted by molar-refractivity contribution is 0.0205. The average molecular weight is 439 g/mol. The molecular formula is C17H34IN3O2. The quantitative estimate of drug-likeness (QED) is 0.181. The molecule has 0 aromatic carbocycles. The Labute approximate surface area is 158 Å². The second-order valence-corrected chi connectivity index (χ2v) is 5.53. The topological polar surface area (TPSA) is 54.9 Å². The molecule has 1 aliphatic heterocycles. The molecule has 1 rings (SSSR count). The Morgan fingerprint density at radius 2 is 2.09 bits per heavy atom. The minimum atomic E-state index is 0. The maximum Gasteiger partial charge on any atom is 0.191 e. The summed E-state index contributed by atoms with van der Waals surface area (Å²) in [5.41, 5.74) is 0. The van der Waals surface area contributed by atoms with Gasteiger partial charge in [0.2, 0.25) is 0 Å². The fourth-order valence-electron chi connectivity index (χ4n) is 2.30. The van der Waals surface area contributed by atoms with Crippen LogP contribution in [0.4, 0.5) is 0 Å². The zero-order valence-electron chi connectivity index (χ0n) is 14.7. The molecule has 136 valence electrons. The number of aliphatic imine (C=N–C) groups is 1. The van der Waals surface area contributed by atoms with Crippen molar-refractivity contribution in [2.75, 3.05) is 46.1 Å². The Balaban J connectivity index is 0.00000484. The number of halogens is 1. The highest BCUT2D eigenvalue weighted by atomic mass is 127. The number of nitrogens with zero attached hydrogens (tertiary/aromatic N) is 1. The van der Waals surface area contributed by atoms with Crippen molar-refractivity contribution in [2.45, 2.75) is 39.5 Å². The van der Waals surface area contributed by atoms with Crippen LogP contribution >= 0.6 is 24.0 Å². The summed E-state index contributed by atoms with van der Waals surface area (Å²) in [6, 6.07) is 0. The number of ether oxygens (including phenoxy) is 2. The molecule has 0 bridgehead atoms. The van der Waals surface area contributed by atoms with Crippen molar-refractivity contribution in [1.82, 2.24) is 10.6 Å². The van der Waals surface area contributed by atoms with Crippen LogP contribution < -0.4 is 10.6 Å². The van der Waals surface area contributed by atoms with E-state index in [1.54, 1.807) is 0 Å². The molecule has 0 spiro atoms. The Kier molecular flexibility index (Phi) is 16.3. The van der Waals surface area contributed by atoms with E-state index in [-0.39, 0.29) is 24.0 Å². The smallest absolute Gasteiger partial charge is 0.191 e. The molecular weight excluding hydrogens is 405 g/mol. The van der Waals surface area contributed by atoms with E-state index in [1.165, 1.54) is 0 Å². The zero-order valence-corrected chi connectivity index (χ0v) is 17.0. The Hall–Kier alpha value is -0.340. The van der Waals surface area contributed by atoms with Gasteiger partial charge in [-0.1, -0.05) is 12.2 Å². The van der Waals surface area contributed by atoms with Crippen LogP contribution in [0.5, 0.6) is 0 Å². The van der Waals surface area contributed by atoms with Crippen molar-refractivity contribution in [1.29, 1.82) is 0 Å². The fraction of sp³-hybridized carbons (Fsp3) is 0.824. The lowest BCUT2D eigenvalue weighted by atomic mass is 10.0. The Morgan fingerprint density at radius 3 is 2.78 bits per heavy atom. The van der Waals surface area contributed by atoms with E-state index in [9.17, 15) is 0 Å². The van der Waals surface area contributed by atoms with Crippen LogP contribution in [0, 0.1) is 5.92 Å². The molecule has 0 aromatic heterocycles. The highest BCUT2D eigenvalue weighted by molar-refractivity contribution is 14.0. The molecule has 1 aliphatic rings. The lowest BCUT2D eigenvalue weighted by Gasteiger charge is -2.21. The summed E-state index contributed by atoms with van der Waals surface area (Å²) < 4.78 is 11.1. The van der Waals surface area contributed by atoms with Gasteiger partial charge in [-0.15, -0.1) is 24.0 Å². The van der Waals surface area contributed by atoms with Crippen LogP contribution in [0.2, 0.25) is 0 Å². The zero-order chi connectivity index (χ0) is 15.9. The van der Waals surface area contributed by atoms with Gasteiger partial charge in [-0.2, -0.15) is 0 Å². The molecule has 0 aliphatic carbocycles. The number of allylic oxidation sites excluding steroid dienone is 1. The van der Waals surface area contributed by atoms with E-state index in [4.69, 9.17) is 9.47 Å². The van der Waals surface area contributed by atoms with Crippen LogP contribution in [0.15, 0.2) is 17.1 Å². The van der Waals surface area contributed by atoms with Crippen LogP contribution in [0.3, 0.4) is 0 Å². The van der Waals surface area contributed by atoms with Crippen LogP contribution in [-0.2, 0) is 9.47 Å². The number of hydrogen-bond acceptors (Lipinski definition) is 3. The van der Waals surface area contributed by atoms with Crippen LogP contribution in [0.25, 0.3) is 0 Å². The third-order valence-corrected chi connectivity index (χ3v) is 3.59. The van der Waals surface area contributed by atoms with Gasteiger partial charge in [-0.05, 0) is 45.4 Å². The average Bonchev–Trinajstić information content (AvgIpc) is 2.55. The van der Waals surface area contributed by atoms with Crippen molar-refractivity contribution in [3.8, 4) is 0 Å². The van der Waals surface area contributed by atoms with Crippen LogP contribution in [-0.4, -0.2) is 52.0 Å². The number of rotatable bonds is 10. The first-order valence-electron chi connectivity index (χ1n) is 8.65. The first-order valence-corrected chi connectivity index (χ1v) is 8.65. The van der Waals surface area contributed by atoms with Gasteiger partial charge in [0.05, 0.1) is 0 Å². The summed E-state index contributed by atoms with van der Waals surface area (Å²) in [5.74, 6) is 1.58. The molecule has 0 saturated carbocycles. The minimum Gasteiger partial charge on any atom is -0.381 e. The predicted octanol–water partition coefficient (Wildman–Crippen LogP) is 2.96. The lowest BCUT2D eigenvalue weighted by Crippen LogP contribution is -2.37. The van der Waals surface area contributed by atoms with E-state index in [1.807, 2.05) is 6.92 Å². The number of hydrogen-bond donors (Lipinski definition) is 2. The van der Waals surface area contributed by atoms with Gasteiger partial charge in [0, 0.05) is 46.1 Å². The van der Waals surface area contributed by atoms with Crippen molar-refractivity contribution < 1.29 is 9.47 Å². The second kappa shape index (κ2) is 16.5. The summed E-state index contributed by atoms with van der Waals surface area (Å²) in [5, 5.41) is 6.59. The summed E-state index contributed by atoms with van der Waals surface area (Å²) in [7, 11) is 0. The number of nitrogens with one attached hydrogen (secondary N) is 2. The number of guanidine groups is 1. The van der Waals surface area contributed by atoms with Crippen molar-refractivity contribution in [3.05, 3.63) is 12.2 Å². The predicted molar refractivity (Wildman–Crippen MR) is 108 cm³/mol. The van der Waals surface area contributed by atoms with Crippen molar-refractivity contribution in [3.63, 3.8) is 0 Å². The van der Waals surface area contributed by atoms with Gasteiger partial charge in [0.1, 0.15) is 0 Å². The first-order chi connectivity index (χ1) is 10.9. The third-order valence-electron chi connectivity index (χ3n) is 3.59. The van der Waals surface area contributed by atoms with E-state index < -0.39 is 0 Å². The maximum absolute atomic E-state index is 5.75. The molecule has 2 N–H and O–H groups in total. The third kappa shape index (κ3) is 12.7. The normalized spacial score (nSPS) is 16.3. The summed E-state index contributed by atoms with van der Waals surface area (Å²) in [6.45, 7) is 10.2. The standard InChI is InChI=1S/C17H33N3O2.HI/c1-3-5-6-10-19-17(18-4-2)20-11-7-12-22-15-16-8-13-21-14-9-16;/h3,5,16H,4,6-15H2,1-2H3,(H2,18,19,20);1H/b5-3+;. The molecule has 23 heavy (non-hydrogen) atoms. The monoisotopic (exact) mass is 439 g/mol. The van der Waals surface area contributed by atoms with Gasteiger partial charge in [0.25, 0.3) is 0 Å². The largest absolute Gasteiger partial charge is 0.381 e. The van der Waals surface area contributed by atoms with Crippen LogP contribution in [0.1, 0.15) is 39.5 Å². The van der Waals surface area contributed by atoms with E-state index in [2.05, 4.69) is 34.7 Å². The summed E-state index contributed by atoms with van der Waals surface area (Å²) in [4.78, 5) is 4.57. The van der Waals surface area contributed by atoms with Gasteiger partial charge < -0.3 is 20.1 Å². The molecule has 1 saturated heterocycles. The first kappa shape index (κ1) is 22.7. The molecule has 1 fully saturated rings. The fourth-order valence-corrected chi connectivity index (χ4v) is 2.30. The molecule has 0 unspecified atom stereocenters. The van der Waals surface area contributed by atoms with Gasteiger partial charge >= 0.3 is 0 Å². The molecule has 0 amide bonds. The van der Waals surface area contributed by atoms with E-state index in [0.717, 1.165) is 77.7 Å². The van der Waals surface area contributed by atoms with Gasteiger partial charge in [0.15, 0.2) is 5.96 Å². The van der Waals surface area contributed by atoms with Crippen molar-refractivity contribution in [2.24, 2.45) is 10.9 Å². The van der Waals surface area contributed by atoms with Gasteiger partial charge in [-0.3, -0.25) is 4.99 Å². The highest BCUT2D eigenvalue weighted by Gasteiger charge is 2.13. The SMILES string of the molecule is C/C=C/CCNC(=NCCCOCC1CCOCC1)NCC.I. The minimum absolute atomic E-state index is 0. The van der Waals surface area contributed by atoms with Crippen molar-refractivity contribution >= 4 is 29.9 Å². The van der Waals surface area contributed by atoms with E-state index >= 15 is 0 Å². The Morgan fingerprint density at radius 1 is 1.30 bits per heavy atom. The summed E-state index contributed by atoms with van der Waals surface area (Å²) in [6.07, 6.45) is 8.49. The molecule has 1 heterocycles. The molecule has 0 aromatic rings. The van der Waals surface area contributed by atoms with E-state index in [0.29, 0.717) is 5.92 Å². The molecule has 5 nitrogen and oxygen atoms in total. The maximum atomic E-state index is 5.75. The molecule has 0 radical (unpaired) electrons.